The number of hydrogen-bond acceptors (Lipinski definition) is 4. The van der Waals surface area contributed by atoms with Crippen molar-refractivity contribution in [1.82, 2.24) is 19.7 Å². The van der Waals surface area contributed by atoms with Crippen LogP contribution in [0.2, 0.25) is 0 Å². The predicted octanol–water partition coefficient (Wildman–Crippen LogP) is 2.55. The number of piperidine rings is 1. The molecular formula is C18H21N5O. The molecule has 0 bridgehead atoms. The normalized spacial score (nSPS) is 17.6. The van der Waals surface area contributed by atoms with E-state index in [1.807, 2.05) is 23.4 Å². The van der Waals surface area contributed by atoms with Crippen molar-refractivity contribution in [1.29, 1.82) is 5.26 Å². The van der Waals surface area contributed by atoms with Crippen LogP contribution in [0.4, 0.5) is 0 Å². The van der Waals surface area contributed by atoms with E-state index < -0.39 is 0 Å². The van der Waals surface area contributed by atoms with Crippen LogP contribution in [0.1, 0.15) is 52.0 Å². The van der Waals surface area contributed by atoms with E-state index in [1.165, 1.54) is 0 Å². The molecule has 0 unspecified atom stereocenters. The summed E-state index contributed by atoms with van der Waals surface area (Å²) in [5, 5.41) is 13.6. The van der Waals surface area contributed by atoms with E-state index >= 15 is 0 Å². The summed E-state index contributed by atoms with van der Waals surface area (Å²) in [6.07, 6.45) is 1.97. The zero-order valence-electron chi connectivity index (χ0n) is 14.3. The summed E-state index contributed by atoms with van der Waals surface area (Å²) >= 11 is 0. The second kappa shape index (κ2) is 6.44. The molecular weight excluding hydrogens is 302 g/mol. The Kier molecular flexibility index (Phi) is 4.34. The Labute approximate surface area is 141 Å². The molecule has 1 atom stereocenters. The lowest BCUT2D eigenvalue weighted by Gasteiger charge is -2.33. The van der Waals surface area contributed by atoms with Crippen molar-refractivity contribution in [3.05, 3.63) is 46.5 Å². The van der Waals surface area contributed by atoms with Gasteiger partial charge in [0.15, 0.2) is 0 Å². The minimum absolute atomic E-state index is 0.0752. The molecule has 1 aliphatic heterocycles. The third-order valence-electron chi connectivity index (χ3n) is 4.50. The Morgan fingerprint density at radius 1 is 1.33 bits per heavy atom. The van der Waals surface area contributed by atoms with Crippen LogP contribution in [-0.4, -0.2) is 38.7 Å². The molecule has 124 valence electrons. The lowest BCUT2D eigenvalue weighted by molar-refractivity contribution is 0.0665. The van der Waals surface area contributed by atoms with E-state index in [2.05, 4.69) is 22.2 Å². The van der Waals surface area contributed by atoms with Gasteiger partial charge in [0.25, 0.3) is 5.91 Å². The average molecular weight is 323 g/mol. The first-order valence-electron chi connectivity index (χ1n) is 8.19. The lowest BCUT2D eigenvalue weighted by Crippen LogP contribution is -2.41. The number of likely N-dealkylation sites (tertiary alicyclic amines) is 1. The monoisotopic (exact) mass is 323 g/mol. The molecule has 0 saturated carbocycles. The fourth-order valence-corrected chi connectivity index (χ4v) is 3.31. The Morgan fingerprint density at radius 2 is 2.12 bits per heavy atom. The smallest absolute Gasteiger partial charge is 0.272 e. The standard InChI is InChI=1S/C18H21N5O/c1-12-9-13(2)23(21-12)16-5-4-8-22(11-16)18(24)17-7-6-15(10-19)14(3)20-17/h6-7,9,16H,4-5,8,11H2,1-3H3/t16-/m1/s1. The van der Waals surface area contributed by atoms with Crippen LogP contribution in [0.15, 0.2) is 18.2 Å². The fraction of sp³-hybridized carbons (Fsp3) is 0.444. The van der Waals surface area contributed by atoms with Gasteiger partial charge in [0.1, 0.15) is 11.8 Å². The first-order valence-corrected chi connectivity index (χ1v) is 8.19. The third kappa shape index (κ3) is 3.02. The Morgan fingerprint density at radius 3 is 2.75 bits per heavy atom. The molecule has 1 fully saturated rings. The minimum atomic E-state index is -0.0752. The van der Waals surface area contributed by atoms with E-state index in [9.17, 15) is 4.79 Å². The third-order valence-corrected chi connectivity index (χ3v) is 4.50. The van der Waals surface area contributed by atoms with Crippen molar-refractivity contribution in [2.75, 3.05) is 13.1 Å². The highest BCUT2D eigenvalue weighted by molar-refractivity contribution is 5.92. The SMILES string of the molecule is Cc1cc(C)n([C@@H]2CCCN(C(=O)c3ccc(C#N)c(C)n3)C2)n1. The summed E-state index contributed by atoms with van der Waals surface area (Å²) in [4.78, 5) is 18.9. The number of carbonyl (C=O) groups excluding carboxylic acids is 1. The molecule has 1 saturated heterocycles. The lowest BCUT2D eigenvalue weighted by atomic mass is 10.0. The van der Waals surface area contributed by atoms with Gasteiger partial charge in [-0.25, -0.2) is 4.98 Å². The number of aromatic nitrogens is 3. The number of aryl methyl sites for hydroxylation is 3. The molecule has 3 rings (SSSR count). The molecule has 0 N–H and O–H groups in total. The van der Waals surface area contributed by atoms with Crippen LogP contribution in [0.5, 0.6) is 0 Å². The summed E-state index contributed by atoms with van der Waals surface area (Å²) in [6.45, 7) is 7.16. The zero-order valence-corrected chi connectivity index (χ0v) is 14.3. The fourth-order valence-electron chi connectivity index (χ4n) is 3.31. The van der Waals surface area contributed by atoms with Crippen LogP contribution in [-0.2, 0) is 0 Å². The Bertz CT molecular complexity index is 817. The van der Waals surface area contributed by atoms with E-state index in [0.29, 0.717) is 23.5 Å². The van der Waals surface area contributed by atoms with Crippen LogP contribution in [0.3, 0.4) is 0 Å². The van der Waals surface area contributed by atoms with Crippen LogP contribution in [0.25, 0.3) is 0 Å². The summed E-state index contributed by atoms with van der Waals surface area (Å²) < 4.78 is 2.03. The van der Waals surface area contributed by atoms with Gasteiger partial charge in [-0.2, -0.15) is 10.4 Å². The average Bonchev–Trinajstić information content (AvgIpc) is 2.92. The van der Waals surface area contributed by atoms with Crippen molar-refractivity contribution in [3.63, 3.8) is 0 Å². The van der Waals surface area contributed by atoms with Crippen molar-refractivity contribution >= 4 is 5.91 Å². The highest BCUT2D eigenvalue weighted by Gasteiger charge is 2.27. The largest absolute Gasteiger partial charge is 0.335 e. The number of nitrogens with zero attached hydrogens (tertiary/aromatic N) is 5. The van der Waals surface area contributed by atoms with Gasteiger partial charge in [0.2, 0.25) is 0 Å². The molecule has 0 radical (unpaired) electrons. The van der Waals surface area contributed by atoms with Gasteiger partial charge in [-0.1, -0.05) is 0 Å². The highest BCUT2D eigenvalue weighted by atomic mass is 16.2. The van der Waals surface area contributed by atoms with E-state index in [-0.39, 0.29) is 11.9 Å². The summed E-state index contributed by atoms with van der Waals surface area (Å²) in [5.41, 5.74) is 3.63. The molecule has 1 amide bonds. The highest BCUT2D eigenvalue weighted by Crippen LogP contribution is 2.24. The molecule has 2 aromatic rings. The molecule has 1 aliphatic rings. The molecule has 6 heteroatoms. The number of amides is 1. The molecule has 24 heavy (non-hydrogen) atoms. The zero-order chi connectivity index (χ0) is 17.3. The van der Waals surface area contributed by atoms with Gasteiger partial charge in [-0.05, 0) is 51.8 Å². The van der Waals surface area contributed by atoms with Crippen molar-refractivity contribution in [2.45, 2.75) is 39.7 Å². The first-order chi connectivity index (χ1) is 11.5. The molecule has 0 spiro atoms. The summed E-state index contributed by atoms with van der Waals surface area (Å²) in [6, 6.07) is 7.65. The quantitative estimate of drug-likeness (QED) is 0.851. The van der Waals surface area contributed by atoms with E-state index in [4.69, 9.17) is 5.26 Å². The van der Waals surface area contributed by atoms with Crippen LogP contribution >= 0.6 is 0 Å². The number of rotatable bonds is 2. The molecule has 3 heterocycles. The maximum absolute atomic E-state index is 12.8. The number of carbonyl (C=O) groups is 1. The van der Waals surface area contributed by atoms with Gasteiger partial charge in [0, 0.05) is 18.8 Å². The van der Waals surface area contributed by atoms with Gasteiger partial charge < -0.3 is 4.90 Å². The minimum Gasteiger partial charge on any atom is -0.335 e. The number of pyridine rings is 1. The topological polar surface area (TPSA) is 74.8 Å². The maximum atomic E-state index is 12.8. The summed E-state index contributed by atoms with van der Waals surface area (Å²) in [7, 11) is 0. The summed E-state index contributed by atoms with van der Waals surface area (Å²) in [5.74, 6) is -0.0752. The second-order valence-corrected chi connectivity index (χ2v) is 6.36. The maximum Gasteiger partial charge on any atom is 0.272 e. The molecule has 0 aromatic carbocycles. The van der Waals surface area contributed by atoms with Crippen LogP contribution in [0, 0.1) is 32.1 Å². The van der Waals surface area contributed by atoms with Crippen molar-refractivity contribution in [3.8, 4) is 6.07 Å². The van der Waals surface area contributed by atoms with E-state index in [1.54, 1.807) is 19.1 Å². The first kappa shape index (κ1) is 16.2. The van der Waals surface area contributed by atoms with Gasteiger partial charge in [-0.3, -0.25) is 9.48 Å². The van der Waals surface area contributed by atoms with Crippen LogP contribution < -0.4 is 0 Å². The predicted molar refractivity (Wildman–Crippen MR) is 89.6 cm³/mol. The van der Waals surface area contributed by atoms with E-state index in [0.717, 1.165) is 30.8 Å². The Balaban J connectivity index is 1.79. The van der Waals surface area contributed by atoms with Gasteiger partial charge >= 0.3 is 0 Å². The second-order valence-electron chi connectivity index (χ2n) is 6.36. The van der Waals surface area contributed by atoms with Gasteiger partial charge in [0.05, 0.1) is 23.0 Å². The number of nitriles is 1. The number of hydrogen-bond donors (Lipinski definition) is 0. The molecule has 0 aliphatic carbocycles. The molecule has 2 aromatic heterocycles. The molecule has 6 nitrogen and oxygen atoms in total. The van der Waals surface area contributed by atoms with Crippen molar-refractivity contribution < 1.29 is 4.79 Å². The Hall–Kier alpha value is -2.68. The van der Waals surface area contributed by atoms with Gasteiger partial charge in [-0.15, -0.1) is 0 Å². The van der Waals surface area contributed by atoms with Crippen molar-refractivity contribution in [2.24, 2.45) is 0 Å².